The Morgan fingerprint density at radius 3 is 2.43 bits per heavy atom. The van der Waals surface area contributed by atoms with E-state index in [4.69, 9.17) is 4.74 Å². The number of carbonyl (C=O) groups is 1. The van der Waals surface area contributed by atoms with Crippen LogP contribution in [0.4, 0.5) is 10.1 Å². The number of ether oxygens (including phenoxy) is 1. The molecule has 0 unspecified atom stereocenters. The Bertz CT molecular complexity index is 532. The lowest BCUT2D eigenvalue weighted by Gasteiger charge is -2.24. The molecule has 21 heavy (non-hydrogen) atoms. The van der Waals surface area contributed by atoms with Gasteiger partial charge in [0.15, 0.2) is 11.6 Å². The van der Waals surface area contributed by atoms with Gasteiger partial charge in [-0.15, -0.1) is 0 Å². The van der Waals surface area contributed by atoms with E-state index in [0.717, 1.165) is 12.8 Å². The first-order chi connectivity index (χ1) is 10.0. The molecule has 0 aliphatic rings. The molecular formula is C16H21FN2O2. The molecule has 0 fully saturated rings. The number of nitrogens with one attached hydrogen (secondary N) is 1. The van der Waals surface area contributed by atoms with Crippen LogP contribution < -0.4 is 10.1 Å². The summed E-state index contributed by atoms with van der Waals surface area (Å²) < 4.78 is 18.5. The molecule has 0 radical (unpaired) electrons. The molecule has 4 nitrogen and oxygen atoms in total. The predicted molar refractivity (Wildman–Crippen MR) is 79.4 cm³/mol. The molecule has 0 aliphatic carbocycles. The van der Waals surface area contributed by atoms with Gasteiger partial charge in [-0.25, -0.2) is 4.39 Å². The molecule has 0 bridgehead atoms. The van der Waals surface area contributed by atoms with E-state index in [9.17, 15) is 14.4 Å². The number of nitrogens with zero attached hydrogens (tertiary/aromatic N) is 1. The largest absolute Gasteiger partial charge is 0.494 e. The van der Waals surface area contributed by atoms with Crippen LogP contribution in [0.5, 0.6) is 5.75 Å². The number of halogens is 1. The van der Waals surface area contributed by atoms with Crippen LogP contribution in [-0.4, -0.2) is 13.0 Å². The van der Waals surface area contributed by atoms with Gasteiger partial charge in [-0.2, -0.15) is 5.26 Å². The second-order valence-electron chi connectivity index (χ2n) is 5.00. The molecule has 114 valence electrons. The average molecular weight is 292 g/mol. The van der Waals surface area contributed by atoms with Gasteiger partial charge in [0.25, 0.3) is 0 Å². The molecule has 0 aromatic heterocycles. The van der Waals surface area contributed by atoms with Crippen molar-refractivity contribution in [2.45, 2.75) is 39.5 Å². The summed E-state index contributed by atoms with van der Waals surface area (Å²) >= 11 is 0. The van der Waals surface area contributed by atoms with Crippen molar-refractivity contribution in [2.75, 3.05) is 12.4 Å². The Balaban J connectivity index is 2.96. The second kappa shape index (κ2) is 7.63. The Hall–Kier alpha value is -2.09. The van der Waals surface area contributed by atoms with E-state index in [-0.39, 0.29) is 11.7 Å². The van der Waals surface area contributed by atoms with Crippen LogP contribution >= 0.6 is 0 Å². The fourth-order valence-electron chi connectivity index (χ4n) is 2.36. The summed E-state index contributed by atoms with van der Waals surface area (Å²) in [6.07, 6.45) is 2.44. The van der Waals surface area contributed by atoms with Gasteiger partial charge in [-0.05, 0) is 25.0 Å². The van der Waals surface area contributed by atoms with Gasteiger partial charge >= 0.3 is 0 Å². The number of anilines is 1. The number of methoxy groups -OCH3 is 1. The lowest BCUT2D eigenvalue weighted by molar-refractivity contribution is -0.123. The van der Waals surface area contributed by atoms with Crippen molar-refractivity contribution >= 4 is 11.6 Å². The van der Waals surface area contributed by atoms with Crippen molar-refractivity contribution in [3.63, 3.8) is 0 Å². The summed E-state index contributed by atoms with van der Waals surface area (Å²) in [5.74, 6) is -0.816. The third-order valence-corrected chi connectivity index (χ3v) is 3.41. The highest BCUT2D eigenvalue weighted by Crippen LogP contribution is 2.31. The predicted octanol–water partition coefficient (Wildman–Crippen LogP) is 3.88. The number of hydrogen-bond acceptors (Lipinski definition) is 3. The van der Waals surface area contributed by atoms with Gasteiger partial charge < -0.3 is 10.1 Å². The first-order valence-electron chi connectivity index (χ1n) is 7.09. The Labute approximate surface area is 124 Å². The maximum absolute atomic E-state index is 13.6. The number of benzene rings is 1. The lowest BCUT2D eigenvalue weighted by Crippen LogP contribution is -2.35. The number of hydrogen-bond donors (Lipinski definition) is 1. The zero-order valence-electron chi connectivity index (χ0n) is 12.7. The van der Waals surface area contributed by atoms with Crippen molar-refractivity contribution in [3.8, 4) is 11.8 Å². The van der Waals surface area contributed by atoms with Crippen LogP contribution in [0.2, 0.25) is 0 Å². The molecule has 5 heteroatoms. The highest BCUT2D eigenvalue weighted by Gasteiger charge is 2.37. The van der Waals surface area contributed by atoms with E-state index < -0.39 is 11.2 Å². The molecule has 1 rings (SSSR count). The van der Waals surface area contributed by atoms with Crippen molar-refractivity contribution < 1.29 is 13.9 Å². The van der Waals surface area contributed by atoms with Gasteiger partial charge in [0.1, 0.15) is 5.41 Å². The molecular weight excluding hydrogens is 271 g/mol. The normalized spacial score (nSPS) is 10.8. The maximum atomic E-state index is 13.6. The Kier molecular flexibility index (Phi) is 6.16. The van der Waals surface area contributed by atoms with Gasteiger partial charge in [-0.1, -0.05) is 26.7 Å². The zero-order chi connectivity index (χ0) is 15.9. The smallest absolute Gasteiger partial charge is 0.244 e. The molecule has 1 N–H and O–H groups in total. The van der Waals surface area contributed by atoms with Crippen LogP contribution in [0.3, 0.4) is 0 Å². The summed E-state index contributed by atoms with van der Waals surface area (Å²) in [4.78, 5) is 12.4. The van der Waals surface area contributed by atoms with Crippen LogP contribution in [0, 0.1) is 22.6 Å². The van der Waals surface area contributed by atoms with Gasteiger partial charge in [0.2, 0.25) is 5.91 Å². The van der Waals surface area contributed by atoms with E-state index in [1.807, 2.05) is 13.8 Å². The SMILES string of the molecule is CCCC(C#N)(CCC)C(=O)Nc1ccc(OC)c(F)c1. The van der Waals surface area contributed by atoms with E-state index in [1.54, 1.807) is 6.07 Å². The minimum Gasteiger partial charge on any atom is -0.494 e. The fraction of sp³-hybridized carbons (Fsp3) is 0.500. The van der Waals surface area contributed by atoms with Crippen molar-refractivity contribution in [2.24, 2.45) is 5.41 Å². The maximum Gasteiger partial charge on any atom is 0.244 e. The summed E-state index contributed by atoms with van der Waals surface area (Å²) in [7, 11) is 1.37. The summed E-state index contributed by atoms with van der Waals surface area (Å²) in [5.41, 5.74) is -0.731. The lowest BCUT2D eigenvalue weighted by atomic mass is 9.79. The molecule has 0 atom stereocenters. The van der Waals surface area contributed by atoms with Crippen LogP contribution in [-0.2, 0) is 4.79 Å². The Morgan fingerprint density at radius 1 is 1.38 bits per heavy atom. The average Bonchev–Trinajstić information content (AvgIpc) is 2.47. The Morgan fingerprint density at radius 2 is 2.00 bits per heavy atom. The van der Waals surface area contributed by atoms with Crippen LogP contribution in [0.1, 0.15) is 39.5 Å². The monoisotopic (exact) mass is 292 g/mol. The zero-order valence-corrected chi connectivity index (χ0v) is 12.7. The van der Waals surface area contributed by atoms with Crippen molar-refractivity contribution in [1.29, 1.82) is 5.26 Å². The van der Waals surface area contributed by atoms with E-state index in [0.29, 0.717) is 18.5 Å². The fourth-order valence-corrected chi connectivity index (χ4v) is 2.36. The van der Waals surface area contributed by atoms with E-state index >= 15 is 0 Å². The number of amides is 1. The van der Waals surface area contributed by atoms with Gasteiger partial charge in [-0.3, -0.25) is 4.79 Å². The number of carbonyl (C=O) groups excluding carboxylic acids is 1. The molecule has 1 aromatic carbocycles. The van der Waals surface area contributed by atoms with Crippen molar-refractivity contribution in [1.82, 2.24) is 0 Å². The van der Waals surface area contributed by atoms with Crippen molar-refractivity contribution in [3.05, 3.63) is 24.0 Å². The standard InChI is InChI=1S/C16H21FN2O2/c1-4-8-16(11-18,9-5-2)15(20)19-12-6-7-14(21-3)13(17)10-12/h6-7,10H,4-5,8-9H2,1-3H3,(H,19,20). The molecule has 0 saturated heterocycles. The first kappa shape index (κ1) is 17.0. The highest BCUT2D eigenvalue weighted by atomic mass is 19.1. The van der Waals surface area contributed by atoms with Crippen LogP contribution in [0.15, 0.2) is 18.2 Å². The van der Waals surface area contributed by atoms with Crippen LogP contribution in [0.25, 0.3) is 0 Å². The minimum atomic E-state index is -1.06. The number of nitriles is 1. The summed E-state index contributed by atoms with van der Waals surface area (Å²) in [5, 5.41) is 12.1. The molecule has 0 heterocycles. The minimum absolute atomic E-state index is 0.113. The molecule has 1 amide bonds. The highest BCUT2D eigenvalue weighted by molar-refractivity contribution is 5.97. The third kappa shape index (κ3) is 3.94. The van der Waals surface area contributed by atoms with E-state index in [1.165, 1.54) is 19.2 Å². The first-order valence-corrected chi connectivity index (χ1v) is 7.09. The van der Waals surface area contributed by atoms with Gasteiger partial charge in [0.05, 0.1) is 13.2 Å². The van der Waals surface area contributed by atoms with Gasteiger partial charge in [0, 0.05) is 11.8 Å². The summed E-state index contributed by atoms with van der Waals surface area (Å²) in [6, 6.07) is 6.33. The molecule has 1 aromatic rings. The quantitative estimate of drug-likeness (QED) is 0.829. The number of rotatable bonds is 7. The van der Waals surface area contributed by atoms with E-state index in [2.05, 4.69) is 11.4 Å². The summed E-state index contributed by atoms with van der Waals surface area (Å²) in [6.45, 7) is 3.87. The third-order valence-electron chi connectivity index (χ3n) is 3.41. The molecule has 0 aliphatic heterocycles. The molecule has 0 spiro atoms. The topological polar surface area (TPSA) is 62.1 Å². The second-order valence-corrected chi connectivity index (χ2v) is 5.00. The molecule has 0 saturated carbocycles.